The molecule has 0 radical (unpaired) electrons. The minimum atomic E-state index is -0.992. The van der Waals surface area contributed by atoms with Gasteiger partial charge in [-0.2, -0.15) is 0 Å². The summed E-state index contributed by atoms with van der Waals surface area (Å²) >= 11 is 0. The van der Waals surface area contributed by atoms with E-state index in [1.807, 2.05) is 0 Å². The molecule has 2 rings (SSSR count). The number of rotatable bonds is 5. The van der Waals surface area contributed by atoms with Gasteiger partial charge in [-0.25, -0.2) is 4.79 Å². The molecule has 1 aliphatic rings. The molecule has 1 aromatic rings. The van der Waals surface area contributed by atoms with Crippen molar-refractivity contribution >= 4 is 23.6 Å². The van der Waals surface area contributed by atoms with Crippen molar-refractivity contribution in [3.63, 3.8) is 0 Å². The van der Waals surface area contributed by atoms with Crippen LogP contribution in [0.3, 0.4) is 0 Å². The number of carboxylic acid groups (broad SMARTS) is 1. The first-order valence-electron chi connectivity index (χ1n) is 7.12. The molecule has 1 amide bonds. The topological polar surface area (TPSA) is 66.4 Å². The van der Waals surface area contributed by atoms with Crippen molar-refractivity contribution in [3.8, 4) is 0 Å². The van der Waals surface area contributed by atoms with Crippen LogP contribution in [0.1, 0.15) is 37.7 Å². The van der Waals surface area contributed by atoms with Crippen LogP contribution in [0.15, 0.2) is 42.0 Å². The van der Waals surface area contributed by atoms with Crippen LogP contribution in [0.25, 0.3) is 6.08 Å². The number of benzene rings is 1. The lowest BCUT2D eigenvalue weighted by atomic mass is 9.97. The number of anilines is 1. The van der Waals surface area contributed by atoms with Crippen LogP contribution in [0, 0.1) is 0 Å². The highest BCUT2D eigenvalue weighted by Crippen LogP contribution is 2.21. The quantitative estimate of drug-likeness (QED) is 0.641. The predicted octanol–water partition coefficient (Wildman–Crippen LogP) is 3.61. The fraction of sp³-hybridized carbons (Fsp3) is 0.294. The molecule has 1 aliphatic carbocycles. The van der Waals surface area contributed by atoms with Crippen LogP contribution in [-0.2, 0) is 9.59 Å². The lowest BCUT2D eigenvalue weighted by molar-refractivity contribution is -0.131. The standard InChI is InChI=1S/C17H19NO3/c19-16(12-13-5-2-1-3-6-13)18-15-8-4-7-14(11-15)9-10-17(20)21/h4-5,7-11H,1-3,6,12H2,(H,18,19)(H,20,21)/b10-9+. The van der Waals surface area contributed by atoms with Gasteiger partial charge in [-0.15, -0.1) is 0 Å². The number of amides is 1. The second-order valence-electron chi connectivity index (χ2n) is 5.13. The van der Waals surface area contributed by atoms with Crippen LogP contribution >= 0.6 is 0 Å². The number of hydrogen-bond donors (Lipinski definition) is 2. The largest absolute Gasteiger partial charge is 0.478 e. The molecule has 0 unspecified atom stereocenters. The zero-order valence-corrected chi connectivity index (χ0v) is 11.8. The highest BCUT2D eigenvalue weighted by molar-refractivity contribution is 5.93. The number of allylic oxidation sites excluding steroid dienone is 1. The predicted molar refractivity (Wildman–Crippen MR) is 82.9 cm³/mol. The maximum Gasteiger partial charge on any atom is 0.328 e. The average Bonchev–Trinajstić information content (AvgIpc) is 2.46. The van der Waals surface area contributed by atoms with E-state index in [1.54, 1.807) is 24.3 Å². The van der Waals surface area contributed by atoms with Crippen molar-refractivity contribution in [1.82, 2.24) is 0 Å². The Morgan fingerprint density at radius 1 is 1.29 bits per heavy atom. The second-order valence-corrected chi connectivity index (χ2v) is 5.13. The molecule has 0 aromatic heterocycles. The summed E-state index contributed by atoms with van der Waals surface area (Å²) < 4.78 is 0. The lowest BCUT2D eigenvalue weighted by Gasteiger charge is -2.12. The van der Waals surface area contributed by atoms with Crippen LogP contribution in [0.4, 0.5) is 5.69 Å². The maximum absolute atomic E-state index is 12.0. The van der Waals surface area contributed by atoms with Gasteiger partial charge in [-0.1, -0.05) is 23.8 Å². The molecule has 0 aliphatic heterocycles. The molecule has 0 bridgehead atoms. The molecule has 21 heavy (non-hydrogen) atoms. The minimum absolute atomic E-state index is 0.0254. The van der Waals surface area contributed by atoms with Crippen molar-refractivity contribution in [3.05, 3.63) is 47.6 Å². The van der Waals surface area contributed by atoms with Crippen LogP contribution < -0.4 is 5.32 Å². The highest BCUT2D eigenvalue weighted by Gasteiger charge is 2.09. The van der Waals surface area contributed by atoms with Gasteiger partial charge in [0.2, 0.25) is 5.91 Å². The third kappa shape index (κ3) is 5.26. The molecule has 0 fully saturated rings. The SMILES string of the molecule is O=C(O)/C=C/c1cccc(NC(=O)CC2=CCCCC2)c1. The molecule has 4 nitrogen and oxygen atoms in total. The molecule has 0 saturated heterocycles. The molecule has 2 N–H and O–H groups in total. The monoisotopic (exact) mass is 285 g/mol. The number of aliphatic carboxylic acids is 1. The van der Waals surface area contributed by atoms with E-state index >= 15 is 0 Å². The number of carboxylic acids is 1. The Kier molecular flexibility index (Phi) is 5.32. The fourth-order valence-electron chi connectivity index (χ4n) is 2.36. The molecule has 110 valence electrons. The molecular weight excluding hydrogens is 266 g/mol. The number of carbonyl (C=O) groups excluding carboxylic acids is 1. The van der Waals surface area contributed by atoms with Gasteiger partial charge in [0, 0.05) is 18.2 Å². The number of hydrogen-bond acceptors (Lipinski definition) is 2. The summed E-state index contributed by atoms with van der Waals surface area (Å²) in [6.45, 7) is 0. The van der Waals surface area contributed by atoms with Crippen molar-refractivity contribution in [2.24, 2.45) is 0 Å². The van der Waals surface area contributed by atoms with E-state index in [-0.39, 0.29) is 5.91 Å². The lowest BCUT2D eigenvalue weighted by Crippen LogP contribution is -2.13. The van der Waals surface area contributed by atoms with E-state index in [2.05, 4.69) is 11.4 Å². The van der Waals surface area contributed by atoms with Gasteiger partial charge in [0.15, 0.2) is 0 Å². The van der Waals surface area contributed by atoms with Crippen molar-refractivity contribution < 1.29 is 14.7 Å². The van der Waals surface area contributed by atoms with E-state index in [0.29, 0.717) is 12.1 Å². The second kappa shape index (κ2) is 7.43. The summed E-state index contributed by atoms with van der Waals surface area (Å²) in [5.74, 6) is -1.02. The van der Waals surface area contributed by atoms with E-state index in [0.717, 1.165) is 30.9 Å². The molecule has 4 heteroatoms. The Bertz CT molecular complexity index is 587. The number of carbonyl (C=O) groups is 2. The van der Waals surface area contributed by atoms with Crippen molar-refractivity contribution in [1.29, 1.82) is 0 Å². The molecule has 0 saturated carbocycles. The Hall–Kier alpha value is -2.36. The van der Waals surface area contributed by atoms with Crippen LogP contribution in [0.2, 0.25) is 0 Å². The van der Waals surface area contributed by atoms with Crippen LogP contribution in [-0.4, -0.2) is 17.0 Å². The average molecular weight is 285 g/mol. The van der Waals surface area contributed by atoms with Gasteiger partial charge in [-0.05, 0) is 49.5 Å². The Balaban J connectivity index is 1.95. The summed E-state index contributed by atoms with van der Waals surface area (Å²) in [6.07, 6.45) is 9.63. The van der Waals surface area contributed by atoms with E-state index < -0.39 is 5.97 Å². The van der Waals surface area contributed by atoms with Gasteiger partial charge in [0.25, 0.3) is 0 Å². The first-order chi connectivity index (χ1) is 10.1. The highest BCUT2D eigenvalue weighted by atomic mass is 16.4. The Morgan fingerprint density at radius 3 is 2.86 bits per heavy atom. The number of nitrogens with one attached hydrogen (secondary N) is 1. The Labute approximate surface area is 124 Å². The first-order valence-corrected chi connectivity index (χ1v) is 7.12. The molecular formula is C17H19NO3. The summed E-state index contributed by atoms with van der Waals surface area (Å²) in [7, 11) is 0. The van der Waals surface area contributed by atoms with Gasteiger partial charge in [0.05, 0.1) is 0 Å². The fourth-order valence-corrected chi connectivity index (χ4v) is 2.36. The zero-order valence-electron chi connectivity index (χ0n) is 11.8. The molecule has 0 spiro atoms. The van der Waals surface area contributed by atoms with Gasteiger partial charge >= 0.3 is 5.97 Å². The molecule has 1 aromatic carbocycles. The summed E-state index contributed by atoms with van der Waals surface area (Å²) in [5, 5.41) is 11.5. The van der Waals surface area contributed by atoms with Crippen LogP contribution in [0.5, 0.6) is 0 Å². The summed E-state index contributed by atoms with van der Waals surface area (Å²) in [4.78, 5) is 22.5. The van der Waals surface area contributed by atoms with E-state index in [9.17, 15) is 9.59 Å². The van der Waals surface area contributed by atoms with Crippen molar-refractivity contribution in [2.75, 3.05) is 5.32 Å². The molecule has 0 heterocycles. The summed E-state index contributed by atoms with van der Waals surface area (Å²) in [5.41, 5.74) is 2.64. The molecule has 0 atom stereocenters. The third-order valence-electron chi connectivity index (χ3n) is 3.36. The third-order valence-corrected chi connectivity index (χ3v) is 3.36. The van der Waals surface area contributed by atoms with Gasteiger partial charge < -0.3 is 10.4 Å². The Morgan fingerprint density at radius 2 is 2.14 bits per heavy atom. The van der Waals surface area contributed by atoms with Gasteiger partial charge in [0.1, 0.15) is 0 Å². The minimum Gasteiger partial charge on any atom is -0.478 e. The van der Waals surface area contributed by atoms with Crippen molar-refractivity contribution in [2.45, 2.75) is 32.1 Å². The normalized spacial score (nSPS) is 14.8. The van der Waals surface area contributed by atoms with Gasteiger partial charge in [-0.3, -0.25) is 4.79 Å². The first kappa shape index (κ1) is 15.0. The zero-order chi connectivity index (χ0) is 15.1. The van der Waals surface area contributed by atoms with E-state index in [4.69, 9.17) is 5.11 Å². The smallest absolute Gasteiger partial charge is 0.328 e. The van der Waals surface area contributed by atoms with E-state index in [1.165, 1.54) is 18.1 Å². The summed E-state index contributed by atoms with van der Waals surface area (Å²) in [6, 6.07) is 7.13. The maximum atomic E-state index is 12.0.